The molecule has 120 valence electrons. The van der Waals surface area contributed by atoms with Crippen molar-refractivity contribution in [1.29, 1.82) is 0 Å². The topological polar surface area (TPSA) is 41.1 Å². The van der Waals surface area contributed by atoms with Crippen molar-refractivity contribution in [2.75, 3.05) is 11.9 Å². The van der Waals surface area contributed by atoms with Crippen LogP contribution in [0.15, 0.2) is 42.5 Å². The highest BCUT2D eigenvalue weighted by Crippen LogP contribution is 2.47. The Kier molecular flexibility index (Phi) is 4.46. The molecule has 1 aliphatic rings. The number of anilines is 1. The number of rotatable bonds is 4. The van der Waals surface area contributed by atoms with Crippen molar-refractivity contribution in [2.24, 2.45) is 0 Å². The van der Waals surface area contributed by atoms with Crippen LogP contribution in [0.1, 0.15) is 18.4 Å². The van der Waals surface area contributed by atoms with E-state index >= 15 is 0 Å². The van der Waals surface area contributed by atoms with Gasteiger partial charge in [0.1, 0.15) is 5.82 Å². The number of benzene rings is 2. The number of para-hydroxylation sites is 1. The summed E-state index contributed by atoms with van der Waals surface area (Å²) in [5.41, 5.74) is 1.32. The molecule has 0 bridgehead atoms. The average Bonchev–Trinajstić information content (AvgIpc) is 3.31. The maximum atomic E-state index is 13.0. The van der Waals surface area contributed by atoms with Crippen LogP contribution in [0.5, 0.6) is 0 Å². The molecule has 0 atom stereocenters. The molecule has 2 N–H and O–H groups in total. The van der Waals surface area contributed by atoms with E-state index in [-0.39, 0.29) is 17.3 Å². The zero-order valence-corrected chi connectivity index (χ0v) is 13.7. The summed E-state index contributed by atoms with van der Waals surface area (Å²) in [6.07, 6.45) is 1.93. The van der Waals surface area contributed by atoms with E-state index in [1.165, 1.54) is 12.1 Å². The second-order valence-corrected chi connectivity index (χ2v) is 6.51. The number of hydrogen-bond donors (Lipinski definition) is 2. The van der Waals surface area contributed by atoms with E-state index in [1.54, 1.807) is 30.3 Å². The molecule has 0 aromatic heterocycles. The number of carbonyl (C=O) groups excluding carboxylic acids is 1. The van der Waals surface area contributed by atoms with Gasteiger partial charge in [-0.2, -0.15) is 0 Å². The van der Waals surface area contributed by atoms with Gasteiger partial charge < -0.3 is 10.6 Å². The molecule has 0 aliphatic heterocycles. The SMILES string of the molecule is O=C(NCC1(c2ccc(F)cc2)CC1)Nc1c(Cl)cccc1Cl. The van der Waals surface area contributed by atoms with Crippen LogP contribution in [0.25, 0.3) is 0 Å². The van der Waals surface area contributed by atoms with Gasteiger partial charge in [0.2, 0.25) is 0 Å². The van der Waals surface area contributed by atoms with Crippen molar-refractivity contribution >= 4 is 34.9 Å². The van der Waals surface area contributed by atoms with E-state index in [0.29, 0.717) is 22.3 Å². The minimum absolute atomic E-state index is 0.102. The first kappa shape index (κ1) is 16.1. The van der Waals surface area contributed by atoms with E-state index < -0.39 is 0 Å². The molecular formula is C17H15Cl2FN2O. The third-order valence-electron chi connectivity index (χ3n) is 4.10. The summed E-state index contributed by atoms with van der Waals surface area (Å²) in [5.74, 6) is -0.261. The molecule has 3 nitrogen and oxygen atoms in total. The molecule has 23 heavy (non-hydrogen) atoms. The lowest BCUT2D eigenvalue weighted by atomic mass is 9.96. The number of nitrogens with one attached hydrogen (secondary N) is 2. The van der Waals surface area contributed by atoms with Crippen molar-refractivity contribution in [3.05, 3.63) is 63.9 Å². The lowest BCUT2D eigenvalue weighted by molar-refractivity contribution is 0.251. The minimum atomic E-state index is -0.367. The summed E-state index contributed by atoms with van der Waals surface area (Å²) in [7, 11) is 0. The van der Waals surface area contributed by atoms with Crippen molar-refractivity contribution in [2.45, 2.75) is 18.3 Å². The Morgan fingerprint density at radius 3 is 2.26 bits per heavy atom. The van der Waals surface area contributed by atoms with Gasteiger partial charge in [0, 0.05) is 12.0 Å². The smallest absolute Gasteiger partial charge is 0.319 e. The van der Waals surface area contributed by atoms with Gasteiger partial charge in [-0.3, -0.25) is 0 Å². The highest BCUT2D eigenvalue weighted by molar-refractivity contribution is 6.39. The molecule has 0 heterocycles. The van der Waals surface area contributed by atoms with Gasteiger partial charge in [0.15, 0.2) is 0 Å². The molecule has 0 unspecified atom stereocenters. The summed E-state index contributed by atoms with van der Waals surface area (Å²) in [4.78, 5) is 12.1. The largest absolute Gasteiger partial charge is 0.337 e. The highest BCUT2D eigenvalue weighted by Gasteiger charge is 2.44. The van der Waals surface area contributed by atoms with Crippen LogP contribution in [0.3, 0.4) is 0 Å². The van der Waals surface area contributed by atoms with Gasteiger partial charge in [0.25, 0.3) is 0 Å². The second kappa shape index (κ2) is 6.38. The molecule has 0 saturated heterocycles. The normalized spacial score (nSPS) is 15.1. The molecule has 1 fully saturated rings. The van der Waals surface area contributed by atoms with Crippen LogP contribution in [-0.4, -0.2) is 12.6 Å². The molecule has 0 spiro atoms. The number of carbonyl (C=O) groups is 1. The van der Waals surface area contributed by atoms with Crippen LogP contribution >= 0.6 is 23.2 Å². The Bertz CT molecular complexity index is 710. The Morgan fingerprint density at radius 1 is 1.09 bits per heavy atom. The summed E-state index contributed by atoms with van der Waals surface area (Å²) in [6, 6.07) is 11.1. The van der Waals surface area contributed by atoms with Crippen LogP contribution < -0.4 is 10.6 Å². The molecular weight excluding hydrogens is 338 g/mol. The fraction of sp³-hybridized carbons (Fsp3) is 0.235. The maximum Gasteiger partial charge on any atom is 0.319 e. The van der Waals surface area contributed by atoms with Crippen molar-refractivity contribution in [1.82, 2.24) is 5.32 Å². The van der Waals surface area contributed by atoms with Gasteiger partial charge in [-0.05, 0) is 42.7 Å². The van der Waals surface area contributed by atoms with Crippen LogP contribution in [0.4, 0.5) is 14.9 Å². The quantitative estimate of drug-likeness (QED) is 0.799. The predicted molar refractivity (Wildman–Crippen MR) is 90.8 cm³/mol. The molecule has 2 aromatic rings. The monoisotopic (exact) mass is 352 g/mol. The van der Waals surface area contributed by atoms with Gasteiger partial charge >= 0.3 is 6.03 Å². The lowest BCUT2D eigenvalue weighted by Crippen LogP contribution is -2.35. The number of halogens is 3. The van der Waals surface area contributed by atoms with Crippen LogP contribution in [0.2, 0.25) is 10.0 Å². The molecule has 1 saturated carbocycles. The lowest BCUT2D eigenvalue weighted by Gasteiger charge is -2.17. The third kappa shape index (κ3) is 3.59. The minimum Gasteiger partial charge on any atom is -0.337 e. The number of hydrogen-bond acceptors (Lipinski definition) is 1. The Labute approximate surface area is 143 Å². The molecule has 0 radical (unpaired) electrons. The summed E-state index contributed by atoms with van der Waals surface area (Å²) in [5, 5.41) is 6.27. The predicted octanol–water partition coefficient (Wildman–Crippen LogP) is 4.99. The van der Waals surface area contributed by atoms with Crippen molar-refractivity contribution in [3.63, 3.8) is 0 Å². The van der Waals surface area contributed by atoms with E-state index in [4.69, 9.17) is 23.2 Å². The average molecular weight is 353 g/mol. The van der Waals surface area contributed by atoms with Crippen LogP contribution in [0, 0.1) is 5.82 Å². The molecule has 2 aromatic carbocycles. The first-order valence-corrected chi connectivity index (χ1v) is 8.01. The van der Waals surface area contributed by atoms with Crippen molar-refractivity contribution < 1.29 is 9.18 Å². The van der Waals surface area contributed by atoms with Gasteiger partial charge in [-0.25, -0.2) is 9.18 Å². The van der Waals surface area contributed by atoms with Gasteiger partial charge in [0.05, 0.1) is 15.7 Å². The summed E-state index contributed by atoms with van der Waals surface area (Å²) in [6.45, 7) is 0.479. The number of amides is 2. The van der Waals surface area contributed by atoms with E-state index in [1.807, 2.05) is 0 Å². The summed E-state index contributed by atoms with van der Waals surface area (Å²) < 4.78 is 13.0. The molecule has 1 aliphatic carbocycles. The van der Waals surface area contributed by atoms with Crippen molar-refractivity contribution in [3.8, 4) is 0 Å². The Balaban J connectivity index is 1.62. The standard InChI is InChI=1S/C17H15Cl2FN2O/c18-13-2-1-3-14(19)15(13)22-16(23)21-10-17(8-9-17)11-4-6-12(20)7-5-11/h1-7H,8-10H2,(H2,21,22,23). The Hall–Kier alpha value is -1.78. The van der Waals surface area contributed by atoms with Crippen LogP contribution in [-0.2, 0) is 5.41 Å². The first-order chi connectivity index (χ1) is 11.0. The first-order valence-electron chi connectivity index (χ1n) is 7.25. The fourth-order valence-corrected chi connectivity index (χ4v) is 3.04. The molecule has 2 amide bonds. The zero-order chi connectivity index (χ0) is 16.4. The fourth-order valence-electron chi connectivity index (χ4n) is 2.55. The highest BCUT2D eigenvalue weighted by atomic mass is 35.5. The zero-order valence-electron chi connectivity index (χ0n) is 12.2. The van der Waals surface area contributed by atoms with E-state index in [9.17, 15) is 9.18 Å². The van der Waals surface area contributed by atoms with Gasteiger partial charge in [-0.15, -0.1) is 0 Å². The molecule has 6 heteroatoms. The third-order valence-corrected chi connectivity index (χ3v) is 4.73. The summed E-state index contributed by atoms with van der Waals surface area (Å²) >= 11 is 12.0. The van der Waals surface area contributed by atoms with E-state index in [2.05, 4.69) is 10.6 Å². The number of urea groups is 1. The van der Waals surface area contributed by atoms with E-state index in [0.717, 1.165) is 18.4 Å². The maximum absolute atomic E-state index is 13.0. The molecule has 3 rings (SSSR count). The Morgan fingerprint density at radius 2 is 1.70 bits per heavy atom. The second-order valence-electron chi connectivity index (χ2n) is 5.69. The van der Waals surface area contributed by atoms with Gasteiger partial charge in [-0.1, -0.05) is 41.4 Å².